The maximum Gasteiger partial charge on any atom is 0.417 e. The zero-order valence-corrected chi connectivity index (χ0v) is 12.9. The Morgan fingerprint density at radius 2 is 2.00 bits per heavy atom. The van der Waals surface area contributed by atoms with Crippen LogP contribution in [0.3, 0.4) is 0 Å². The van der Waals surface area contributed by atoms with E-state index in [2.05, 4.69) is 17.6 Å². The number of anilines is 1. The van der Waals surface area contributed by atoms with Crippen LogP contribution in [0.1, 0.15) is 18.4 Å². The Hall–Kier alpha value is -1.44. The number of hydrogen-bond acceptors (Lipinski definition) is 4. The molecule has 2 heterocycles. The molecule has 2 rings (SSSR count). The third-order valence-corrected chi connectivity index (χ3v) is 3.80. The van der Waals surface area contributed by atoms with Gasteiger partial charge in [0.25, 0.3) is 0 Å². The van der Waals surface area contributed by atoms with Crippen LogP contribution in [0, 0.1) is 0 Å². The van der Waals surface area contributed by atoms with Crippen LogP contribution in [0.25, 0.3) is 0 Å². The van der Waals surface area contributed by atoms with Gasteiger partial charge in [0.1, 0.15) is 5.82 Å². The molecule has 0 bridgehead atoms. The van der Waals surface area contributed by atoms with Crippen molar-refractivity contribution in [3.8, 4) is 0 Å². The van der Waals surface area contributed by atoms with E-state index < -0.39 is 11.7 Å². The van der Waals surface area contributed by atoms with Crippen LogP contribution in [0.4, 0.5) is 19.0 Å². The van der Waals surface area contributed by atoms with Gasteiger partial charge in [-0.05, 0) is 24.3 Å². The average molecular weight is 333 g/mol. The van der Waals surface area contributed by atoms with Gasteiger partial charge in [-0.1, -0.05) is 0 Å². The molecule has 122 valence electrons. The van der Waals surface area contributed by atoms with Crippen LogP contribution in [0.15, 0.2) is 18.3 Å². The highest BCUT2D eigenvalue weighted by Gasteiger charge is 2.31. The Kier molecular flexibility index (Phi) is 5.55. The highest BCUT2D eigenvalue weighted by Crippen LogP contribution is 2.29. The summed E-state index contributed by atoms with van der Waals surface area (Å²) >= 11 is 4.05. The van der Waals surface area contributed by atoms with Crippen LogP contribution >= 0.6 is 12.6 Å². The fourth-order valence-corrected chi connectivity index (χ4v) is 2.58. The first-order valence-corrected chi connectivity index (χ1v) is 7.72. The summed E-state index contributed by atoms with van der Waals surface area (Å²) in [5, 5.41) is 0. The lowest BCUT2D eigenvalue weighted by Gasteiger charge is -2.23. The molecule has 0 unspecified atom stereocenters. The molecule has 0 spiro atoms. The van der Waals surface area contributed by atoms with E-state index >= 15 is 0 Å². The van der Waals surface area contributed by atoms with E-state index in [1.54, 1.807) is 4.90 Å². The fraction of sp³-hybridized carbons (Fsp3) is 0.571. The topological polar surface area (TPSA) is 36.4 Å². The molecule has 1 saturated heterocycles. The lowest BCUT2D eigenvalue weighted by atomic mass is 10.2. The number of pyridine rings is 1. The van der Waals surface area contributed by atoms with Crippen molar-refractivity contribution < 1.29 is 18.0 Å². The molecule has 1 amide bonds. The summed E-state index contributed by atoms with van der Waals surface area (Å²) in [7, 11) is 0. The normalized spacial score (nSPS) is 16.5. The van der Waals surface area contributed by atoms with Gasteiger partial charge in [-0.2, -0.15) is 25.8 Å². The summed E-state index contributed by atoms with van der Waals surface area (Å²) in [6, 6.07) is 2.42. The van der Waals surface area contributed by atoms with E-state index in [4.69, 9.17) is 0 Å². The quantitative estimate of drug-likeness (QED) is 0.864. The predicted octanol–water partition coefficient (Wildman–Crippen LogP) is 2.46. The van der Waals surface area contributed by atoms with Crippen molar-refractivity contribution in [2.75, 3.05) is 36.8 Å². The number of alkyl halides is 3. The van der Waals surface area contributed by atoms with Gasteiger partial charge in [0.2, 0.25) is 5.91 Å². The third kappa shape index (κ3) is 4.28. The van der Waals surface area contributed by atoms with Crippen molar-refractivity contribution in [1.82, 2.24) is 9.88 Å². The minimum Gasteiger partial charge on any atom is -0.355 e. The van der Waals surface area contributed by atoms with Crippen LogP contribution in [0.5, 0.6) is 0 Å². The van der Waals surface area contributed by atoms with E-state index in [0.717, 1.165) is 18.7 Å². The molecule has 0 aliphatic carbocycles. The summed E-state index contributed by atoms with van der Waals surface area (Å²) in [6.45, 7) is 2.44. The van der Waals surface area contributed by atoms with E-state index in [1.165, 1.54) is 6.07 Å². The van der Waals surface area contributed by atoms with Crippen molar-refractivity contribution in [2.24, 2.45) is 0 Å². The van der Waals surface area contributed by atoms with Crippen LogP contribution in [-0.4, -0.2) is 47.7 Å². The number of halogens is 3. The number of aromatic nitrogens is 1. The molecule has 1 aliphatic rings. The van der Waals surface area contributed by atoms with Gasteiger partial charge in [-0.15, -0.1) is 0 Å². The average Bonchev–Trinajstić information content (AvgIpc) is 2.73. The number of nitrogens with zero attached hydrogens (tertiary/aromatic N) is 3. The Balaban J connectivity index is 2.00. The van der Waals surface area contributed by atoms with Crippen molar-refractivity contribution >= 4 is 24.4 Å². The van der Waals surface area contributed by atoms with E-state index in [-0.39, 0.29) is 5.91 Å². The summed E-state index contributed by atoms with van der Waals surface area (Å²) in [5.41, 5.74) is -0.753. The lowest BCUT2D eigenvalue weighted by Crippen LogP contribution is -2.35. The molecule has 0 N–H and O–H groups in total. The van der Waals surface area contributed by atoms with Gasteiger partial charge in [0.05, 0.1) is 5.56 Å². The molecule has 0 atom stereocenters. The number of carbonyl (C=O) groups excluding carboxylic acids is 1. The SMILES string of the molecule is O=C(CCS)N1CCCN(c2ccc(C(F)(F)F)cn2)CC1. The minimum absolute atomic E-state index is 0.0669. The highest BCUT2D eigenvalue weighted by molar-refractivity contribution is 7.80. The Labute approximate surface area is 132 Å². The monoisotopic (exact) mass is 333 g/mol. The van der Waals surface area contributed by atoms with Gasteiger partial charge in [0, 0.05) is 38.8 Å². The maximum absolute atomic E-state index is 12.5. The number of amides is 1. The molecule has 0 aromatic carbocycles. The van der Waals surface area contributed by atoms with Gasteiger partial charge in [-0.3, -0.25) is 4.79 Å². The van der Waals surface area contributed by atoms with Gasteiger partial charge >= 0.3 is 6.18 Å². The summed E-state index contributed by atoms with van der Waals surface area (Å²) in [4.78, 5) is 19.5. The molecule has 1 aromatic rings. The minimum atomic E-state index is -4.37. The number of hydrogen-bond donors (Lipinski definition) is 1. The van der Waals surface area contributed by atoms with Crippen molar-refractivity contribution in [3.63, 3.8) is 0 Å². The first-order chi connectivity index (χ1) is 10.4. The second-order valence-electron chi connectivity index (χ2n) is 5.10. The van der Waals surface area contributed by atoms with Crippen LogP contribution in [-0.2, 0) is 11.0 Å². The molecule has 1 fully saturated rings. The second-order valence-corrected chi connectivity index (χ2v) is 5.55. The molecular formula is C14H18F3N3OS. The van der Waals surface area contributed by atoms with E-state index in [0.29, 0.717) is 44.2 Å². The Bertz CT molecular complexity index is 507. The lowest BCUT2D eigenvalue weighted by molar-refractivity contribution is -0.137. The zero-order chi connectivity index (χ0) is 16.2. The van der Waals surface area contributed by atoms with E-state index in [1.807, 2.05) is 4.90 Å². The maximum atomic E-state index is 12.5. The predicted molar refractivity (Wildman–Crippen MR) is 81.1 cm³/mol. The molecule has 1 aromatic heterocycles. The Morgan fingerprint density at radius 1 is 1.23 bits per heavy atom. The Morgan fingerprint density at radius 3 is 2.59 bits per heavy atom. The summed E-state index contributed by atoms with van der Waals surface area (Å²) in [5.74, 6) is 1.09. The summed E-state index contributed by atoms with van der Waals surface area (Å²) in [6.07, 6.45) is -2.35. The highest BCUT2D eigenvalue weighted by atomic mass is 32.1. The molecule has 22 heavy (non-hydrogen) atoms. The van der Waals surface area contributed by atoms with Crippen LogP contribution in [0.2, 0.25) is 0 Å². The number of carbonyl (C=O) groups is 1. The largest absolute Gasteiger partial charge is 0.417 e. The number of thiol groups is 1. The molecule has 8 heteroatoms. The third-order valence-electron chi connectivity index (χ3n) is 3.57. The number of rotatable bonds is 3. The van der Waals surface area contributed by atoms with Gasteiger partial charge in [0.15, 0.2) is 0 Å². The summed E-state index contributed by atoms with van der Waals surface area (Å²) < 4.78 is 37.6. The zero-order valence-electron chi connectivity index (χ0n) is 12.0. The fourth-order valence-electron chi connectivity index (χ4n) is 2.39. The molecule has 0 radical (unpaired) electrons. The standard InChI is InChI=1S/C14H18F3N3OS/c15-14(16,17)11-2-3-12(18-10-11)19-5-1-6-20(8-7-19)13(21)4-9-22/h2-3,10,22H,1,4-9H2. The first-order valence-electron chi connectivity index (χ1n) is 7.08. The van der Waals surface area contributed by atoms with Crippen molar-refractivity contribution in [3.05, 3.63) is 23.9 Å². The molecule has 4 nitrogen and oxygen atoms in total. The van der Waals surface area contributed by atoms with Gasteiger partial charge in [-0.25, -0.2) is 4.98 Å². The van der Waals surface area contributed by atoms with Crippen molar-refractivity contribution in [1.29, 1.82) is 0 Å². The smallest absolute Gasteiger partial charge is 0.355 e. The van der Waals surface area contributed by atoms with Gasteiger partial charge < -0.3 is 9.80 Å². The van der Waals surface area contributed by atoms with Crippen LogP contribution < -0.4 is 4.90 Å². The first kappa shape index (κ1) is 16.9. The molecular weight excluding hydrogens is 315 g/mol. The molecule has 1 aliphatic heterocycles. The van der Waals surface area contributed by atoms with Crippen molar-refractivity contribution in [2.45, 2.75) is 19.0 Å². The van der Waals surface area contributed by atoms with E-state index in [9.17, 15) is 18.0 Å². The molecule has 0 saturated carbocycles. The second kappa shape index (κ2) is 7.21.